The first-order chi connectivity index (χ1) is 7.70. The van der Waals surface area contributed by atoms with Crippen LogP contribution in [0.3, 0.4) is 0 Å². The molecule has 0 atom stereocenters. The fourth-order valence-electron chi connectivity index (χ4n) is 1.61. The molecule has 0 aliphatic heterocycles. The first-order valence-corrected chi connectivity index (χ1v) is 5.12. The Morgan fingerprint density at radius 3 is 3.00 bits per heavy atom. The molecular formula is C12H12N2O2. The number of rotatable bonds is 3. The maximum absolute atomic E-state index is 10.7. The fourth-order valence-corrected chi connectivity index (χ4v) is 1.61. The molecule has 2 rings (SSSR count). The van der Waals surface area contributed by atoms with Gasteiger partial charge in [-0.1, -0.05) is 13.0 Å². The monoisotopic (exact) mass is 216 g/mol. The Hall–Kier alpha value is -2.10. The molecule has 0 radical (unpaired) electrons. The van der Waals surface area contributed by atoms with Crippen molar-refractivity contribution in [1.29, 1.82) is 0 Å². The van der Waals surface area contributed by atoms with Gasteiger partial charge in [0.15, 0.2) is 0 Å². The number of aromatic nitrogens is 1. The molecule has 0 aromatic carbocycles. The van der Waals surface area contributed by atoms with E-state index in [2.05, 4.69) is 0 Å². The third-order valence-corrected chi connectivity index (χ3v) is 2.48. The van der Waals surface area contributed by atoms with E-state index < -0.39 is 0 Å². The molecule has 0 N–H and O–H groups in total. The smallest absolute Gasteiger partial charge is 0.246 e. The molecule has 82 valence electrons. The molecule has 0 amide bonds. The molecular weight excluding hydrogens is 204 g/mol. The number of hydrogen-bond acceptors (Lipinski definition) is 2. The normalized spacial score (nSPS) is 11.9. The van der Waals surface area contributed by atoms with Crippen LogP contribution < -0.4 is 0 Å². The van der Waals surface area contributed by atoms with Gasteiger partial charge in [-0.3, -0.25) is 10.1 Å². The molecule has 0 spiro atoms. The highest BCUT2D eigenvalue weighted by Gasteiger charge is 2.06. The van der Waals surface area contributed by atoms with Crippen molar-refractivity contribution in [1.82, 2.24) is 4.40 Å². The second kappa shape index (κ2) is 4.18. The molecule has 0 bridgehead atoms. The highest BCUT2D eigenvalue weighted by atomic mass is 16.6. The SMILES string of the molecule is CC/C(=C\c1ccc2cccn2c1)[N+](=O)[O-]. The fraction of sp³-hybridized carbons (Fsp3) is 0.167. The van der Waals surface area contributed by atoms with E-state index in [1.54, 1.807) is 13.0 Å². The Morgan fingerprint density at radius 2 is 2.31 bits per heavy atom. The first kappa shape index (κ1) is 10.4. The van der Waals surface area contributed by atoms with E-state index in [1.807, 2.05) is 41.1 Å². The highest BCUT2D eigenvalue weighted by Crippen LogP contribution is 2.12. The van der Waals surface area contributed by atoms with E-state index in [1.165, 1.54) is 0 Å². The molecule has 4 heteroatoms. The molecule has 16 heavy (non-hydrogen) atoms. The van der Waals surface area contributed by atoms with Crippen LogP contribution in [-0.2, 0) is 0 Å². The minimum Gasteiger partial charge on any atom is -0.323 e. The van der Waals surface area contributed by atoms with Crippen LogP contribution in [0, 0.1) is 10.1 Å². The average molecular weight is 216 g/mol. The summed E-state index contributed by atoms with van der Waals surface area (Å²) < 4.78 is 1.94. The third-order valence-electron chi connectivity index (χ3n) is 2.48. The van der Waals surface area contributed by atoms with E-state index >= 15 is 0 Å². The van der Waals surface area contributed by atoms with Crippen molar-refractivity contribution in [3.8, 4) is 0 Å². The molecule has 2 aromatic heterocycles. The number of allylic oxidation sites excluding steroid dienone is 1. The zero-order valence-electron chi connectivity index (χ0n) is 8.96. The number of hydrogen-bond donors (Lipinski definition) is 0. The van der Waals surface area contributed by atoms with Crippen LogP contribution in [0.4, 0.5) is 0 Å². The molecule has 4 nitrogen and oxygen atoms in total. The summed E-state index contributed by atoms with van der Waals surface area (Å²) in [6.07, 6.45) is 5.84. The van der Waals surface area contributed by atoms with Gasteiger partial charge in [-0.25, -0.2) is 0 Å². The summed E-state index contributed by atoms with van der Waals surface area (Å²) in [6, 6.07) is 7.76. The maximum Gasteiger partial charge on any atom is 0.246 e. The van der Waals surface area contributed by atoms with Crippen molar-refractivity contribution in [2.24, 2.45) is 0 Å². The van der Waals surface area contributed by atoms with Gasteiger partial charge < -0.3 is 4.40 Å². The Labute approximate surface area is 93.0 Å². The molecule has 0 aliphatic rings. The van der Waals surface area contributed by atoms with Crippen LogP contribution in [0.1, 0.15) is 18.9 Å². The van der Waals surface area contributed by atoms with Crippen LogP contribution in [0.25, 0.3) is 11.6 Å². The van der Waals surface area contributed by atoms with Crippen LogP contribution in [-0.4, -0.2) is 9.32 Å². The Balaban J connectivity index is 2.43. The predicted molar refractivity (Wildman–Crippen MR) is 62.7 cm³/mol. The number of pyridine rings is 1. The predicted octanol–water partition coefficient (Wildman–Crippen LogP) is 2.97. The van der Waals surface area contributed by atoms with Gasteiger partial charge in [0.25, 0.3) is 0 Å². The quantitative estimate of drug-likeness (QED) is 0.585. The summed E-state index contributed by atoms with van der Waals surface area (Å²) in [6.45, 7) is 1.78. The largest absolute Gasteiger partial charge is 0.323 e. The zero-order valence-corrected chi connectivity index (χ0v) is 8.96. The van der Waals surface area contributed by atoms with Crippen molar-refractivity contribution in [2.75, 3.05) is 0 Å². The van der Waals surface area contributed by atoms with Crippen molar-refractivity contribution in [2.45, 2.75) is 13.3 Å². The van der Waals surface area contributed by atoms with Crippen molar-refractivity contribution < 1.29 is 4.92 Å². The van der Waals surface area contributed by atoms with Gasteiger partial charge in [0.1, 0.15) is 0 Å². The first-order valence-electron chi connectivity index (χ1n) is 5.12. The van der Waals surface area contributed by atoms with Gasteiger partial charge >= 0.3 is 0 Å². The summed E-state index contributed by atoms with van der Waals surface area (Å²) in [4.78, 5) is 10.3. The average Bonchev–Trinajstić information content (AvgIpc) is 2.72. The van der Waals surface area contributed by atoms with Gasteiger partial charge in [0.05, 0.1) is 4.92 Å². The highest BCUT2D eigenvalue weighted by molar-refractivity contribution is 5.56. The van der Waals surface area contributed by atoms with E-state index in [0.717, 1.165) is 11.1 Å². The molecule has 0 aliphatic carbocycles. The van der Waals surface area contributed by atoms with Crippen LogP contribution in [0.2, 0.25) is 0 Å². The number of fused-ring (bicyclic) bond motifs is 1. The summed E-state index contributed by atoms with van der Waals surface area (Å²) in [7, 11) is 0. The minimum atomic E-state index is -0.333. The van der Waals surface area contributed by atoms with Crippen LogP contribution in [0.15, 0.2) is 42.4 Å². The molecule has 2 aromatic rings. The Kier molecular flexibility index (Phi) is 2.72. The van der Waals surface area contributed by atoms with Gasteiger partial charge in [-0.2, -0.15) is 0 Å². The lowest BCUT2D eigenvalue weighted by Gasteiger charge is -1.98. The molecule has 0 fully saturated rings. The Morgan fingerprint density at radius 1 is 1.50 bits per heavy atom. The topological polar surface area (TPSA) is 47.5 Å². The summed E-state index contributed by atoms with van der Waals surface area (Å²) in [5.41, 5.74) is 2.15. The molecule has 0 saturated heterocycles. The summed E-state index contributed by atoms with van der Waals surface area (Å²) in [5.74, 6) is 0. The zero-order chi connectivity index (χ0) is 11.5. The lowest BCUT2D eigenvalue weighted by atomic mass is 10.2. The molecule has 0 saturated carbocycles. The van der Waals surface area contributed by atoms with Gasteiger partial charge in [0.2, 0.25) is 5.70 Å². The van der Waals surface area contributed by atoms with Gasteiger partial charge in [0, 0.05) is 30.4 Å². The Bertz CT molecular complexity index is 555. The van der Waals surface area contributed by atoms with E-state index in [9.17, 15) is 10.1 Å². The summed E-state index contributed by atoms with van der Waals surface area (Å²) >= 11 is 0. The molecule has 2 heterocycles. The second-order valence-electron chi connectivity index (χ2n) is 3.55. The lowest BCUT2D eigenvalue weighted by molar-refractivity contribution is -0.425. The van der Waals surface area contributed by atoms with E-state index in [0.29, 0.717) is 6.42 Å². The van der Waals surface area contributed by atoms with Gasteiger partial charge in [-0.15, -0.1) is 0 Å². The number of nitro groups is 1. The van der Waals surface area contributed by atoms with Crippen LogP contribution >= 0.6 is 0 Å². The lowest BCUT2D eigenvalue weighted by Crippen LogP contribution is -1.96. The van der Waals surface area contributed by atoms with E-state index in [4.69, 9.17) is 0 Å². The second-order valence-corrected chi connectivity index (χ2v) is 3.55. The van der Waals surface area contributed by atoms with Crippen molar-refractivity contribution in [3.05, 3.63) is 58.0 Å². The standard InChI is InChI=1S/C12H12N2O2/c1-2-11(14(15)16)8-10-5-6-12-4-3-7-13(12)9-10/h3-9H,2H2,1H3/b11-8+. The third kappa shape index (κ3) is 1.95. The van der Waals surface area contributed by atoms with E-state index in [-0.39, 0.29) is 10.6 Å². The maximum atomic E-state index is 10.7. The minimum absolute atomic E-state index is 0.228. The van der Waals surface area contributed by atoms with Crippen molar-refractivity contribution >= 4 is 11.6 Å². The van der Waals surface area contributed by atoms with Crippen molar-refractivity contribution in [3.63, 3.8) is 0 Å². The molecule has 0 unspecified atom stereocenters. The van der Waals surface area contributed by atoms with Crippen LogP contribution in [0.5, 0.6) is 0 Å². The summed E-state index contributed by atoms with van der Waals surface area (Å²) in [5, 5.41) is 10.7. The number of nitrogens with zero attached hydrogens (tertiary/aromatic N) is 2. The van der Waals surface area contributed by atoms with Gasteiger partial charge in [-0.05, 0) is 23.8 Å².